The number of hydrogen-bond donors (Lipinski definition) is 1. The largest absolute Gasteiger partial charge is 0.375 e. The first kappa shape index (κ1) is 15.7. The van der Waals surface area contributed by atoms with E-state index in [4.69, 9.17) is 9.72 Å². The lowest BCUT2D eigenvalue weighted by Crippen LogP contribution is -2.47. The van der Waals surface area contributed by atoms with E-state index < -0.39 is 0 Å². The standard InChI is InChI=1S/C15H27N3OS/c1-5-7-13-14(8-16-6-2)20-15(17-13)18-9-12(4)19-10-11(18)3/h11-12,16H,5-10H2,1-4H3. The second kappa shape index (κ2) is 7.38. The predicted molar refractivity (Wildman–Crippen MR) is 85.7 cm³/mol. The number of ether oxygens (including phenoxy) is 1. The highest BCUT2D eigenvalue weighted by atomic mass is 32.1. The molecular formula is C15H27N3OS. The summed E-state index contributed by atoms with van der Waals surface area (Å²) in [5.41, 5.74) is 1.28. The monoisotopic (exact) mass is 297 g/mol. The molecule has 2 atom stereocenters. The lowest BCUT2D eigenvalue weighted by molar-refractivity contribution is 0.0343. The van der Waals surface area contributed by atoms with Gasteiger partial charge in [-0.3, -0.25) is 0 Å². The second-order valence-corrected chi connectivity index (χ2v) is 6.60. The number of nitrogens with zero attached hydrogens (tertiary/aromatic N) is 2. The first-order valence-electron chi connectivity index (χ1n) is 7.73. The minimum absolute atomic E-state index is 0.293. The van der Waals surface area contributed by atoms with Crippen LogP contribution in [-0.2, 0) is 17.7 Å². The van der Waals surface area contributed by atoms with Gasteiger partial charge in [-0.25, -0.2) is 4.98 Å². The molecule has 2 unspecified atom stereocenters. The van der Waals surface area contributed by atoms with Crippen LogP contribution in [-0.4, -0.2) is 36.8 Å². The fourth-order valence-corrected chi connectivity index (χ4v) is 3.66. The molecule has 2 heterocycles. The summed E-state index contributed by atoms with van der Waals surface area (Å²) in [6, 6.07) is 0.416. The molecule has 0 spiro atoms. The summed E-state index contributed by atoms with van der Waals surface area (Å²) < 4.78 is 5.71. The highest BCUT2D eigenvalue weighted by Crippen LogP contribution is 2.30. The summed E-state index contributed by atoms with van der Waals surface area (Å²) in [6.45, 7) is 12.4. The number of hydrogen-bond acceptors (Lipinski definition) is 5. The van der Waals surface area contributed by atoms with Gasteiger partial charge in [-0.15, -0.1) is 11.3 Å². The van der Waals surface area contributed by atoms with E-state index in [-0.39, 0.29) is 0 Å². The third kappa shape index (κ3) is 3.71. The molecule has 0 saturated carbocycles. The summed E-state index contributed by atoms with van der Waals surface area (Å²) in [7, 11) is 0. The molecule has 0 aromatic carbocycles. The molecule has 0 amide bonds. The maximum absolute atomic E-state index is 5.71. The first-order chi connectivity index (χ1) is 9.65. The zero-order chi connectivity index (χ0) is 14.5. The third-order valence-electron chi connectivity index (χ3n) is 3.64. The highest BCUT2D eigenvalue weighted by molar-refractivity contribution is 7.15. The fourth-order valence-electron chi connectivity index (χ4n) is 2.47. The van der Waals surface area contributed by atoms with Crippen molar-refractivity contribution < 1.29 is 4.74 Å². The number of thiazole rings is 1. The van der Waals surface area contributed by atoms with Gasteiger partial charge in [0.15, 0.2) is 5.13 Å². The molecule has 1 aromatic rings. The van der Waals surface area contributed by atoms with Crippen LogP contribution in [0.3, 0.4) is 0 Å². The van der Waals surface area contributed by atoms with Crippen LogP contribution in [0.2, 0.25) is 0 Å². The van der Waals surface area contributed by atoms with Crippen LogP contribution in [0, 0.1) is 0 Å². The molecular weight excluding hydrogens is 270 g/mol. The summed E-state index contributed by atoms with van der Waals surface area (Å²) in [5.74, 6) is 0. The first-order valence-corrected chi connectivity index (χ1v) is 8.54. The van der Waals surface area contributed by atoms with Crippen LogP contribution in [0.5, 0.6) is 0 Å². The summed E-state index contributed by atoms with van der Waals surface area (Å²) in [5, 5.41) is 4.60. The molecule has 0 radical (unpaired) electrons. The molecule has 5 heteroatoms. The molecule has 0 bridgehead atoms. The smallest absolute Gasteiger partial charge is 0.186 e. The average Bonchev–Trinajstić information content (AvgIpc) is 2.82. The average molecular weight is 297 g/mol. The molecule has 1 aromatic heterocycles. The Morgan fingerprint density at radius 1 is 1.40 bits per heavy atom. The number of aromatic nitrogens is 1. The van der Waals surface area contributed by atoms with Gasteiger partial charge in [0.25, 0.3) is 0 Å². The van der Waals surface area contributed by atoms with Crippen LogP contribution in [0.25, 0.3) is 0 Å². The molecule has 1 aliphatic rings. The van der Waals surface area contributed by atoms with Gasteiger partial charge in [0.2, 0.25) is 0 Å². The quantitative estimate of drug-likeness (QED) is 0.876. The van der Waals surface area contributed by atoms with Crippen molar-refractivity contribution in [1.82, 2.24) is 10.3 Å². The molecule has 1 N–H and O–H groups in total. The Balaban J connectivity index is 2.17. The molecule has 1 saturated heterocycles. The van der Waals surface area contributed by atoms with Crippen LogP contribution in [0.4, 0.5) is 5.13 Å². The Kier molecular flexibility index (Phi) is 5.81. The molecule has 0 aliphatic carbocycles. The van der Waals surface area contributed by atoms with Crippen molar-refractivity contribution in [3.63, 3.8) is 0 Å². The van der Waals surface area contributed by atoms with E-state index in [1.54, 1.807) is 0 Å². The maximum Gasteiger partial charge on any atom is 0.186 e. The van der Waals surface area contributed by atoms with Gasteiger partial charge in [-0.1, -0.05) is 20.3 Å². The van der Waals surface area contributed by atoms with Gasteiger partial charge < -0.3 is 15.0 Å². The SMILES string of the molecule is CCCc1nc(N2CC(C)OCC2C)sc1CNCC. The van der Waals surface area contributed by atoms with E-state index in [1.807, 2.05) is 11.3 Å². The highest BCUT2D eigenvalue weighted by Gasteiger charge is 2.26. The number of morpholine rings is 1. The van der Waals surface area contributed by atoms with E-state index in [0.29, 0.717) is 12.1 Å². The normalized spacial score (nSPS) is 23.3. The van der Waals surface area contributed by atoms with E-state index in [9.17, 15) is 0 Å². The number of nitrogens with one attached hydrogen (secondary N) is 1. The molecule has 2 rings (SSSR count). The van der Waals surface area contributed by atoms with Gasteiger partial charge in [0, 0.05) is 18.0 Å². The summed E-state index contributed by atoms with van der Waals surface area (Å²) >= 11 is 1.85. The zero-order valence-corrected chi connectivity index (χ0v) is 13.9. The second-order valence-electron chi connectivity index (χ2n) is 5.54. The van der Waals surface area contributed by atoms with Crippen LogP contribution in [0.15, 0.2) is 0 Å². The molecule has 1 aliphatic heterocycles. The van der Waals surface area contributed by atoms with Gasteiger partial charge >= 0.3 is 0 Å². The van der Waals surface area contributed by atoms with Crippen molar-refractivity contribution in [3.05, 3.63) is 10.6 Å². The summed E-state index contributed by atoms with van der Waals surface area (Å²) in [6.07, 6.45) is 2.52. The Morgan fingerprint density at radius 3 is 2.90 bits per heavy atom. The Morgan fingerprint density at radius 2 is 2.20 bits per heavy atom. The van der Waals surface area contributed by atoms with E-state index >= 15 is 0 Å². The van der Waals surface area contributed by atoms with Gasteiger partial charge in [0.1, 0.15) is 0 Å². The van der Waals surface area contributed by atoms with Crippen molar-refractivity contribution in [1.29, 1.82) is 0 Å². The predicted octanol–water partition coefficient (Wildman–Crippen LogP) is 2.82. The van der Waals surface area contributed by atoms with Crippen molar-refractivity contribution in [2.75, 3.05) is 24.6 Å². The lowest BCUT2D eigenvalue weighted by atomic mass is 10.2. The van der Waals surface area contributed by atoms with Crippen molar-refractivity contribution in [2.45, 2.75) is 59.2 Å². The fraction of sp³-hybridized carbons (Fsp3) is 0.800. The molecule has 1 fully saturated rings. The number of rotatable bonds is 6. The van der Waals surface area contributed by atoms with Gasteiger partial charge in [-0.2, -0.15) is 0 Å². The minimum atomic E-state index is 0.293. The van der Waals surface area contributed by atoms with Crippen LogP contribution < -0.4 is 10.2 Å². The van der Waals surface area contributed by atoms with E-state index in [0.717, 1.165) is 39.1 Å². The third-order valence-corrected chi connectivity index (χ3v) is 4.78. The minimum Gasteiger partial charge on any atom is -0.375 e. The number of anilines is 1. The van der Waals surface area contributed by atoms with Crippen molar-refractivity contribution in [2.24, 2.45) is 0 Å². The van der Waals surface area contributed by atoms with Gasteiger partial charge in [0.05, 0.1) is 24.4 Å². The zero-order valence-electron chi connectivity index (χ0n) is 13.1. The molecule has 114 valence electrons. The lowest BCUT2D eigenvalue weighted by Gasteiger charge is -2.36. The Labute approximate surface area is 126 Å². The molecule has 20 heavy (non-hydrogen) atoms. The number of aryl methyl sites for hydroxylation is 1. The Hall–Kier alpha value is -0.650. The maximum atomic E-state index is 5.71. The topological polar surface area (TPSA) is 37.4 Å². The molecule has 4 nitrogen and oxygen atoms in total. The van der Waals surface area contributed by atoms with Gasteiger partial charge in [-0.05, 0) is 26.8 Å². The summed E-state index contributed by atoms with van der Waals surface area (Å²) in [4.78, 5) is 8.72. The van der Waals surface area contributed by atoms with E-state index in [2.05, 4.69) is 37.9 Å². The van der Waals surface area contributed by atoms with Crippen molar-refractivity contribution >= 4 is 16.5 Å². The van der Waals surface area contributed by atoms with Crippen LogP contribution >= 0.6 is 11.3 Å². The van der Waals surface area contributed by atoms with Crippen LogP contribution in [0.1, 0.15) is 44.7 Å². The van der Waals surface area contributed by atoms with Crippen molar-refractivity contribution in [3.8, 4) is 0 Å². The van der Waals surface area contributed by atoms with E-state index in [1.165, 1.54) is 15.7 Å². The Bertz CT molecular complexity index is 421.